The molecule has 1 aliphatic rings. The van der Waals surface area contributed by atoms with Gasteiger partial charge in [0.1, 0.15) is 0 Å². The topological polar surface area (TPSA) is 38.7 Å². The summed E-state index contributed by atoms with van der Waals surface area (Å²) in [6.45, 7) is 0. The standard InChI is InChI=1S/C9H14INO2/c1-13-8-3-2-4-9(5-8,6-10)11-7-12/h8H,2-6H2,1H3. The van der Waals surface area contributed by atoms with Crippen molar-refractivity contribution in [3.05, 3.63) is 0 Å². The Balaban J connectivity index is 2.69. The van der Waals surface area contributed by atoms with Crippen LogP contribution in [-0.2, 0) is 9.53 Å². The van der Waals surface area contributed by atoms with Crippen LogP contribution < -0.4 is 0 Å². The molecule has 0 aromatic rings. The molecule has 0 spiro atoms. The molecule has 0 bridgehead atoms. The first kappa shape index (κ1) is 11.1. The Morgan fingerprint density at radius 3 is 3.08 bits per heavy atom. The molecule has 3 nitrogen and oxygen atoms in total. The highest BCUT2D eigenvalue weighted by atomic mass is 127. The van der Waals surface area contributed by atoms with Crippen LogP contribution in [0.5, 0.6) is 0 Å². The molecule has 74 valence electrons. The monoisotopic (exact) mass is 295 g/mol. The van der Waals surface area contributed by atoms with Crippen LogP contribution in [0.3, 0.4) is 0 Å². The summed E-state index contributed by atoms with van der Waals surface area (Å²) in [5, 5.41) is 0. The van der Waals surface area contributed by atoms with E-state index in [1.165, 1.54) is 0 Å². The Morgan fingerprint density at radius 2 is 2.54 bits per heavy atom. The first-order chi connectivity index (χ1) is 6.26. The van der Waals surface area contributed by atoms with E-state index in [0.29, 0.717) is 0 Å². The largest absolute Gasteiger partial charge is 0.381 e. The molecule has 0 aliphatic heterocycles. The summed E-state index contributed by atoms with van der Waals surface area (Å²) >= 11 is 2.28. The second-order valence-corrected chi connectivity index (χ2v) is 4.28. The normalized spacial score (nSPS) is 33.8. The predicted octanol–water partition coefficient (Wildman–Crippen LogP) is 2.08. The molecule has 0 amide bonds. The van der Waals surface area contributed by atoms with Gasteiger partial charge in [0.05, 0.1) is 11.6 Å². The molecule has 1 fully saturated rings. The van der Waals surface area contributed by atoms with Gasteiger partial charge < -0.3 is 4.74 Å². The second kappa shape index (κ2) is 5.08. The van der Waals surface area contributed by atoms with E-state index in [0.717, 1.165) is 30.1 Å². The fourth-order valence-corrected chi connectivity index (χ4v) is 2.70. The maximum atomic E-state index is 10.3. The third kappa shape index (κ3) is 2.76. The molecule has 13 heavy (non-hydrogen) atoms. The zero-order valence-electron chi connectivity index (χ0n) is 7.75. The first-order valence-corrected chi connectivity index (χ1v) is 5.97. The van der Waals surface area contributed by atoms with Crippen molar-refractivity contribution in [3.63, 3.8) is 0 Å². The fourth-order valence-electron chi connectivity index (χ4n) is 1.84. The van der Waals surface area contributed by atoms with Gasteiger partial charge in [-0.1, -0.05) is 22.6 Å². The number of halogens is 1. The Kier molecular flexibility index (Phi) is 4.35. The third-order valence-corrected chi connectivity index (χ3v) is 4.06. The molecule has 2 unspecified atom stereocenters. The highest BCUT2D eigenvalue weighted by Crippen LogP contribution is 2.34. The molecule has 1 aliphatic carbocycles. The van der Waals surface area contributed by atoms with E-state index in [4.69, 9.17) is 4.74 Å². The number of nitrogens with zero attached hydrogens (tertiary/aromatic N) is 1. The third-order valence-electron chi connectivity index (χ3n) is 2.64. The SMILES string of the molecule is COC1CCCC(CI)(N=C=O)C1. The molecule has 1 saturated carbocycles. The maximum absolute atomic E-state index is 10.3. The van der Waals surface area contributed by atoms with Gasteiger partial charge in [0.25, 0.3) is 0 Å². The highest BCUT2D eigenvalue weighted by Gasteiger charge is 2.35. The number of isocyanates is 1. The molecule has 0 N–H and O–H groups in total. The summed E-state index contributed by atoms with van der Waals surface area (Å²) in [5.74, 6) is 0. The molecule has 0 radical (unpaired) electrons. The number of hydrogen-bond acceptors (Lipinski definition) is 3. The van der Waals surface area contributed by atoms with Gasteiger partial charge in [-0.15, -0.1) is 0 Å². The summed E-state index contributed by atoms with van der Waals surface area (Å²) < 4.78 is 6.18. The van der Waals surface area contributed by atoms with E-state index in [2.05, 4.69) is 27.6 Å². The van der Waals surface area contributed by atoms with E-state index in [-0.39, 0.29) is 11.6 Å². The average Bonchev–Trinajstić information content (AvgIpc) is 2.19. The van der Waals surface area contributed by atoms with Gasteiger partial charge in [-0.25, -0.2) is 4.79 Å². The highest BCUT2D eigenvalue weighted by molar-refractivity contribution is 14.1. The molecular weight excluding hydrogens is 281 g/mol. The van der Waals surface area contributed by atoms with Crippen molar-refractivity contribution in [2.24, 2.45) is 4.99 Å². The molecular formula is C9H14INO2. The molecule has 0 aromatic carbocycles. The van der Waals surface area contributed by atoms with Gasteiger partial charge in [0, 0.05) is 18.0 Å². The van der Waals surface area contributed by atoms with Crippen molar-refractivity contribution in [2.45, 2.75) is 37.3 Å². The molecule has 0 heterocycles. The average molecular weight is 295 g/mol. The number of methoxy groups -OCH3 is 1. The van der Waals surface area contributed by atoms with E-state index < -0.39 is 0 Å². The van der Waals surface area contributed by atoms with E-state index in [1.807, 2.05) is 0 Å². The van der Waals surface area contributed by atoms with Crippen molar-refractivity contribution >= 4 is 28.7 Å². The van der Waals surface area contributed by atoms with Gasteiger partial charge in [0.15, 0.2) is 0 Å². The lowest BCUT2D eigenvalue weighted by Crippen LogP contribution is -2.38. The lowest BCUT2D eigenvalue weighted by atomic mass is 9.82. The summed E-state index contributed by atoms with van der Waals surface area (Å²) in [5.41, 5.74) is -0.193. The number of ether oxygens (including phenoxy) is 1. The Labute approximate surface area is 92.1 Å². The summed E-state index contributed by atoms with van der Waals surface area (Å²) in [7, 11) is 1.72. The van der Waals surface area contributed by atoms with E-state index in [9.17, 15) is 4.79 Å². The van der Waals surface area contributed by atoms with E-state index >= 15 is 0 Å². The van der Waals surface area contributed by atoms with Crippen LogP contribution in [0.4, 0.5) is 0 Å². The number of carbonyl (C=O) groups excluding carboxylic acids is 1. The minimum Gasteiger partial charge on any atom is -0.381 e. The smallest absolute Gasteiger partial charge is 0.235 e. The summed E-state index contributed by atoms with van der Waals surface area (Å²) in [6.07, 6.45) is 5.98. The minimum absolute atomic E-state index is 0.193. The summed E-state index contributed by atoms with van der Waals surface area (Å²) in [6, 6.07) is 0. The maximum Gasteiger partial charge on any atom is 0.235 e. The van der Waals surface area contributed by atoms with Crippen LogP contribution >= 0.6 is 22.6 Å². The van der Waals surface area contributed by atoms with Gasteiger partial charge in [0.2, 0.25) is 6.08 Å². The van der Waals surface area contributed by atoms with Gasteiger partial charge in [-0.2, -0.15) is 4.99 Å². The Morgan fingerprint density at radius 1 is 1.77 bits per heavy atom. The lowest BCUT2D eigenvalue weighted by Gasteiger charge is -2.34. The lowest BCUT2D eigenvalue weighted by molar-refractivity contribution is 0.0481. The fraction of sp³-hybridized carbons (Fsp3) is 0.889. The molecule has 0 saturated heterocycles. The molecule has 2 atom stereocenters. The zero-order chi connectivity index (χ0) is 9.73. The van der Waals surface area contributed by atoms with Gasteiger partial charge >= 0.3 is 0 Å². The number of hydrogen-bond donors (Lipinski definition) is 0. The molecule has 4 heteroatoms. The van der Waals surface area contributed by atoms with Crippen LogP contribution in [0.1, 0.15) is 25.7 Å². The van der Waals surface area contributed by atoms with Gasteiger partial charge in [-0.05, 0) is 19.3 Å². The molecule has 1 rings (SSSR count). The van der Waals surface area contributed by atoms with Crippen molar-refractivity contribution < 1.29 is 9.53 Å². The zero-order valence-corrected chi connectivity index (χ0v) is 9.91. The quantitative estimate of drug-likeness (QED) is 0.346. The van der Waals surface area contributed by atoms with Gasteiger partial charge in [-0.3, -0.25) is 0 Å². The van der Waals surface area contributed by atoms with Crippen LogP contribution in [0.15, 0.2) is 4.99 Å². The minimum atomic E-state index is -0.193. The van der Waals surface area contributed by atoms with Crippen molar-refractivity contribution in [1.82, 2.24) is 0 Å². The number of rotatable bonds is 3. The number of alkyl halides is 1. The predicted molar refractivity (Wildman–Crippen MR) is 59.0 cm³/mol. The van der Waals surface area contributed by atoms with Crippen LogP contribution in [-0.4, -0.2) is 29.3 Å². The van der Waals surface area contributed by atoms with Crippen molar-refractivity contribution in [1.29, 1.82) is 0 Å². The van der Waals surface area contributed by atoms with E-state index in [1.54, 1.807) is 13.2 Å². The first-order valence-electron chi connectivity index (χ1n) is 4.44. The Bertz CT molecular complexity index is 216. The molecule has 0 aromatic heterocycles. The second-order valence-electron chi connectivity index (χ2n) is 3.52. The van der Waals surface area contributed by atoms with Crippen LogP contribution in [0, 0.1) is 0 Å². The van der Waals surface area contributed by atoms with Crippen molar-refractivity contribution in [3.8, 4) is 0 Å². The number of aliphatic imine (C=N–C) groups is 1. The Hall–Kier alpha value is 0.0700. The summed E-state index contributed by atoms with van der Waals surface area (Å²) in [4.78, 5) is 14.2. The van der Waals surface area contributed by atoms with Crippen molar-refractivity contribution in [2.75, 3.05) is 11.5 Å². The van der Waals surface area contributed by atoms with Crippen LogP contribution in [0.2, 0.25) is 0 Å². The van der Waals surface area contributed by atoms with Crippen LogP contribution in [0.25, 0.3) is 0 Å².